The highest BCUT2D eigenvalue weighted by Gasteiger charge is 2.29. The largest absolute Gasteiger partial charge is 0.481 e. The fraction of sp³-hybridized carbons (Fsp3) is 0.133. The number of aryl methyl sites for hydroxylation is 1. The van der Waals surface area contributed by atoms with Crippen LogP contribution in [0.1, 0.15) is 29.0 Å². The molecule has 5 heteroatoms. The third kappa shape index (κ3) is 4.80. The van der Waals surface area contributed by atoms with Gasteiger partial charge in [-0.15, -0.1) is 0 Å². The summed E-state index contributed by atoms with van der Waals surface area (Å²) in [4.78, 5) is 23.9. The zero-order chi connectivity index (χ0) is 24.2. The summed E-state index contributed by atoms with van der Waals surface area (Å²) in [6.45, 7) is 0.221. The predicted octanol–water partition coefficient (Wildman–Crippen LogP) is 6.73. The van der Waals surface area contributed by atoms with Gasteiger partial charge in [-0.25, -0.2) is 4.79 Å². The first-order valence-electron chi connectivity index (χ1n) is 11.6. The van der Waals surface area contributed by atoms with E-state index >= 15 is 0 Å². The molecule has 4 aromatic carbocycles. The number of hydrogen-bond acceptors (Lipinski definition) is 3. The fourth-order valence-electron chi connectivity index (χ4n) is 4.72. The lowest BCUT2D eigenvalue weighted by molar-refractivity contribution is -0.136. The summed E-state index contributed by atoms with van der Waals surface area (Å²) in [7, 11) is 0. The maximum absolute atomic E-state index is 12.9. The van der Waals surface area contributed by atoms with E-state index in [0.29, 0.717) is 12.1 Å². The molecule has 35 heavy (non-hydrogen) atoms. The third-order valence-corrected chi connectivity index (χ3v) is 6.38. The SMILES string of the molecule is O=C(O)CCc1ccc(-c2ccccc2)c(NC(=O)OCC2c3ccccc3-c3ccccc32)c1. The van der Waals surface area contributed by atoms with Crippen LogP contribution in [0.2, 0.25) is 0 Å². The van der Waals surface area contributed by atoms with Crippen molar-refractivity contribution in [2.75, 3.05) is 11.9 Å². The number of rotatable bonds is 7. The van der Waals surface area contributed by atoms with Gasteiger partial charge in [0.1, 0.15) is 6.61 Å². The van der Waals surface area contributed by atoms with E-state index in [1.165, 1.54) is 11.1 Å². The van der Waals surface area contributed by atoms with Crippen molar-refractivity contribution in [3.63, 3.8) is 0 Å². The van der Waals surface area contributed by atoms with Gasteiger partial charge in [-0.2, -0.15) is 0 Å². The molecule has 0 saturated heterocycles. The van der Waals surface area contributed by atoms with E-state index in [1.807, 2.05) is 72.8 Å². The molecule has 1 aliphatic rings. The van der Waals surface area contributed by atoms with E-state index < -0.39 is 12.1 Å². The topological polar surface area (TPSA) is 75.6 Å². The Balaban J connectivity index is 1.36. The molecule has 2 N–H and O–H groups in total. The van der Waals surface area contributed by atoms with Crippen molar-refractivity contribution >= 4 is 17.7 Å². The standard InChI is InChI=1S/C30H25NO4/c32-29(33)17-15-20-14-16-22(21-8-2-1-3-9-21)28(18-20)31-30(34)35-19-27-25-12-6-4-10-23(25)24-11-5-7-13-26(24)27/h1-14,16,18,27H,15,17,19H2,(H,31,34)(H,32,33). The van der Waals surface area contributed by atoms with Crippen molar-refractivity contribution in [3.8, 4) is 22.3 Å². The number of amides is 1. The Morgan fingerprint density at radius 2 is 1.40 bits per heavy atom. The van der Waals surface area contributed by atoms with Crippen LogP contribution in [0.15, 0.2) is 97.1 Å². The highest BCUT2D eigenvalue weighted by molar-refractivity contribution is 5.92. The van der Waals surface area contributed by atoms with Crippen LogP contribution in [0.25, 0.3) is 22.3 Å². The molecule has 1 aliphatic carbocycles. The van der Waals surface area contributed by atoms with Gasteiger partial charge in [0.15, 0.2) is 0 Å². The smallest absolute Gasteiger partial charge is 0.411 e. The van der Waals surface area contributed by atoms with Crippen LogP contribution in [0.4, 0.5) is 10.5 Å². The van der Waals surface area contributed by atoms with Crippen LogP contribution in [0, 0.1) is 0 Å². The Morgan fingerprint density at radius 1 is 0.771 bits per heavy atom. The summed E-state index contributed by atoms with van der Waals surface area (Å²) in [5.41, 5.74) is 7.88. The van der Waals surface area contributed by atoms with Crippen molar-refractivity contribution in [1.82, 2.24) is 0 Å². The monoisotopic (exact) mass is 463 g/mol. The van der Waals surface area contributed by atoms with E-state index in [9.17, 15) is 9.59 Å². The van der Waals surface area contributed by atoms with Crippen LogP contribution in [0.3, 0.4) is 0 Å². The van der Waals surface area contributed by atoms with Crippen molar-refractivity contribution in [3.05, 3.63) is 114 Å². The number of aliphatic carboxylic acids is 1. The summed E-state index contributed by atoms with van der Waals surface area (Å²) < 4.78 is 5.73. The zero-order valence-corrected chi connectivity index (χ0v) is 19.1. The van der Waals surface area contributed by atoms with Crippen molar-refractivity contribution in [2.24, 2.45) is 0 Å². The van der Waals surface area contributed by atoms with Crippen molar-refractivity contribution in [1.29, 1.82) is 0 Å². The van der Waals surface area contributed by atoms with Gasteiger partial charge in [-0.1, -0.05) is 91.0 Å². The second-order valence-corrected chi connectivity index (χ2v) is 8.59. The summed E-state index contributed by atoms with van der Waals surface area (Å²) in [5, 5.41) is 11.9. The summed E-state index contributed by atoms with van der Waals surface area (Å²) in [5.74, 6) is -0.883. The normalized spacial score (nSPS) is 12.0. The molecule has 0 unspecified atom stereocenters. The van der Waals surface area contributed by atoms with Crippen molar-refractivity contribution in [2.45, 2.75) is 18.8 Å². The van der Waals surface area contributed by atoms with Gasteiger partial charge in [-0.3, -0.25) is 10.1 Å². The van der Waals surface area contributed by atoms with Gasteiger partial charge < -0.3 is 9.84 Å². The predicted molar refractivity (Wildman–Crippen MR) is 137 cm³/mol. The number of fused-ring (bicyclic) bond motifs is 3. The molecule has 0 atom stereocenters. The molecule has 0 aliphatic heterocycles. The molecular weight excluding hydrogens is 438 g/mol. The minimum atomic E-state index is -0.858. The van der Waals surface area contributed by atoms with Gasteiger partial charge in [-0.05, 0) is 45.9 Å². The number of hydrogen-bond donors (Lipinski definition) is 2. The average Bonchev–Trinajstić information content (AvgIpc) is 3.20. The quantitative estimate of drug-likeness (QED) is 0.319. The molecule has 4 aromatic rings. The summed E-state index contributed by atoms with van der Waals surface area (Å²) >= 11 is 0. The van der Waals surface area contributed by atoms with Gasteiger partial charge in [0.25, 0.3) is 0 Å². The van der Waals surface area contributed by atoms with E-state index in [4.69, 9.17) is 9.84 Å². The van der Waals surface area contributed by atoms with Crippen LogP contribution in [-0.2, 0) is 16.0 Å². The van der Waals surface area contributed by atoms with Gasteiger partial charge in [0.2, 0.25) is 0 Å². The molecule has 5 rings (SSSR count). The first-order chi connectivity index (χ1) is 17.1. The molecule has 0 heterocycles. The Kier molecular flexibility index (Phi) is 6.31. The minimum absolute atomic E-state index is 0.0229. The second-order valence-electron chi connectivity index (χ2n) is 8.59. The minimum Gasteiger partial charge on any atom is -0.481 e. The first kappa shape index (κ1) is 22.4. The fourth-order valence-corrected chi connectivity index (χ4v) is 4.72. The lowest BCUT2D eigenvalue weighted by atomic mass is 9.98. The number of carboxylic acid groups (broad SMARTS) is 1. The zero-order valence-electron chi connectivity index (χ0n) is 19.1. The second kappa shape index (κ2) is 9.85. The number of benzene rings is 4. The molecule has 0 saturated carbocycles. The van der Waals surface area contributed by atoms with E-state index in [-0.39, 0.29) is 18.9 Å². The number of carboxylic acids is 1. The van der Waals surface area contributed by atoms with Crippen LogP contribution < -0.4 is 5.32 Å². The van der Waals surface area contributed by atoms with E-state index in [2.05, 4.69) is 29.6 Å². The number of carbonyl (C=O) groups is 2. The molecule has 0 radical (unpaired) electrons. The lowest BCUT2D eigenvalue weighted by Crippen LogP contribution is -2.18. The number of carbonyl (C=O) groups excluding carboxylic acids is 1. The van der Waals surface area contributed by atoms with Crippen LogP contribution >= 0.6 is 0 Å². The van der Waals surface area contributed by atoms with Gasteiger partial charge in [0, 0.05) is 17.9 Å². The molecule has 0 aromatic heterocycles. The lowest BCUT2D eigenvalue weighted by Gasteiger charge is -2.16. The first-order valence-corrected chi connectivity index (χ1v) is 11.6. The molecule has 0 fully saturated rings. The summed E-state index contributed by atoms with van der Waals surface area (Å²) in [6.07, 6.45) is -0.141. The van der Waals surface area contributed by atoms with Crippen LogP contribution in [0.5, 0.6) is 0 Å². The maximum Gasteiger partial charge on any atom is 0.411 e. The Labute approximate surface area is 204 Å². The number of ether oxygens (including phenoxy) is 1. The molecular formula is C30H25NO4. The Morgan fingerprint density at radius 3 is 2.06 bits per heavy atom. The molecule has 174 valence electrons. The van der Waals surface area contributed by atoms with Gasteiger partial charge in [0.05, 0.1) is 5.69 Å². The molecule has 0 bridgehead atoms. The number of anilines is 1. The maximum atomic E-state index is 12.9. The van der Waals surface area contributed by atoms with Crippen molar-refractivity contribution < 1.29 is 19.4 Å². The summed E-state index contributed by atoms with van der Waals surface area (Å²) in [6, 6.07) is 31.8. The Bertz CT molecular complexity index is 1330. The molecule has 5 nitrogen and oxygen atoms in total. The molecule has 1 amide bonds. The molecule has 0 spiro atoms. The van der Waals surface area contributed by atoms with E-state index in [1.54, 1.807) is 0 Å². The number of nitrogens with one attached hydrogen (secondary N) is 1. The van der Waals surface area contributed by atoms with Gasteiger partial charge >= 0.3 is 12.1 Å². The van der Waals surface area contributed by atoms with E-state index in [0.717, 1.165) is 27.8 Å². The Hall–Kier alpha value is -4.38. The third-order valence-electron chi connectivity index (χ3n) is 6.38. The highest BCUT2D eigenvalue weighted by atomic mass is 16.5. The highest BCUT2D eigenvalue weighted by Crippen LogP contribution is 2.44. The van der Waals surface area contributed by atoms with Crippen LogP contribution in [-0.4, -0.2) is 23.8 Å². The average molecular weight is 464 g/mol.